The Morgan fingerprint density at radius 3 is 2.87 bits per heavy atom. The second-order valence-corrected chi connectivity index (χ2v) is 7.36. The number of rotatable bonds is 5. The number of aromatic nitrogens is 2. The number of anilines is 2. The zero-order valence-corrected chi connectivity index (χ0v) is 16.8. The number of carbonyl (C=O) groups excluding carboxylic acids is 2. The molecule has 2 heterocycles. The van der Waals surface area contributed by atoms with Gasteiger partial charge in [-0.3, -0.25) is 9.59 Å². The number of fused-ring (bicyclic) bond motifs is 1. The van der Waals surface area contributed by atoms with E-state index < -0.39 is 0 Å². The van der Waals surface area contributed by atoms with E-state index in [0.29, 0.717) is 30.3 Å². The lowest BCUT2D eigenvalue weighted by Gasteiger charge is -2.18. The van der Waals surface area contributed by atoms with Crippen molar-refractivity contribution in [2.24, 2.45) is 0 Å². The molecule has 1 atom stereocenters. The predicted octanol–water partition coefficient (Wildman–Crippen LogP) is 3.39. The van der Waals surface area contributed by atoms with Crippen molar-refractivity contribution in [3.63, 3.8) is 0 Å². The topological polar surface area (TPSA) is 87.2 Å². The lowest BCUT2D eigenvalue weighted by atomic mass is 10.1. The molecule has 30 heavy (non-hydrogen) atoms. The number of nitrogens with one attached hydrogen (secondary N) is 2. The summed E-state index contributed by atoms with van der Waals surface area (Å²) in [5.41, 5.74) is 2.99. The van der Waals surface area contributed by atoms with E-state index in [9.17, 15) is 9.59 Å². The van der Waals surface area contributed by atoms with E-state index in [-0.39, 0.29) is 17.9 Å². The minimum atomic E-state index is -0.276. The molecular weight excluding hydrogens is 378 g/mol. The van der Waals surface area contributed by atoms with Crippen LogP contribution in [-0.2, 0) is 4.79 Å². The lowest BCUT2D eigenvalue weighted by molar-refractivity contribution is -0.111. The molecule has 7 heteroatoms. The maximum absolute atomic E-state index is 12.9. The van der Waals surface area contributed by atoms with Crippen molar-refractivity contribution in [2.45, 2.75) is 19.4 Å². The minimum Gasteiger partial charge on any atom is -0.350 e. The van der Waals surface area contributed by atoms with Gasteiger partial charge in [-0.1, -0.05) is 24.8 Å². The Balaban J connectivity index is 1.41. The molecule has 2 N–H and O–H groups in total. The van der Waals surface area contributed by atoms with Crippen LogP contribution in [-0.4, -0.2) is 45.8 Å². The Bertz CT molecular complexity index is 1130. The summed E-state index contributed by atoms with van der Waals surface area (Å²) in [7, 11) is 0. The van der Waals surface area contributed by atoms with Crippen LogP contribution in [0.25, 0.3) is 10.9 Å². The minimum absolute atomic E-state index is 0.0246. The first-order valence-electron chi connectivity index (χ1n) is 9.85. The van der Waals surface area contributed by atoms with Gasteiger partial charge in [-0.15, -0.1) is 0 Å². The summed E-state index contributed by atoms with van der Waals surface area (Å²) >= 11 is 0. The summed E-state index contributed by atoms with van der Waals surface area (Å²) in [6, 6.07) is 13.2. The van der Waals surface area contributed by atoms with Gasteiger partial charge in [-0.05, 0) is 49.2 Å². The molecule has 0 radical (unpaired) electrons. The van der Waals surface area contributed by atoms with E-state index in [2.05, 4.69) is 27.2 Å². The Hall–Kier alpha value is -3.74. The zero-order chi connectivity index (χ0) is 21.1. The molecule has 0 bridgehead atoms. The van der Waals surface area contributed by atoms with Gasteiger partial charge >= 0.3 is 0 Å². The Kier molecular flexibility index (Phi) is 5.43. The number of hydrogen-bond donors (Lipinski definition) is 2. The summed E-state index contributed by atoms with van der Waals surface area (Å²) in [4.78, 5) is 35.2. The van der Waals surface area contributed by atoms with Crippen molar-refractivity contribution in [1.29, 1.82) is 0 Å². The molecule has 1 fully saturated rings. The summed E-state index contributed by atoms with van der Waals surface area (Å²) in [6.07, 6.45) is 3.85. The first kappa shape index (κ1) is 19.6. The third-order valence-corrected chi connectivity index (χ3v) is 5.21. The van der Waals surface area contributed by atoms with Gasteiger partial charge in [0.2, 0.25) is 11.9 Å². The van der Waals surface area contributed by atoms with Crippen LogP contribution < -0.4 is 10.6 Å². The Morgan fingerprint density at radius 1 is 1.23 bits per heavy atom. The normalized spacial score (nSPS) is 15.8. The zero-order valence-electron chi connectivity index (χ0n) is 16.8. The van der Waals surface area contributed by atoms with E-state index in [1.807, 2.05) is 36.1 Å². The molecule has 4 rings (SSSR count). The SMILES string of the molecule is C=CC(=O)Nc1ccc(C(=O)N2CC[C@H](Nc3ncc4ccccc4n3)C2)cc1C. The molecule has 0 unspecified atom stereocenters. The molecule has 1 aromatic heterocycles. The molecule has 0 saturated carbocycles. The van der Waals surface area contributed by atoms with Gasteiger partial charge in [0, 0.05) is 42.0 Å². The average molecular weight is 401 g/mol. The van der Waals surface area contributed by atoms with Gasteiger partial charge in [-0.25, -0.2) is 9.97 Å². The van der Waals surface area contributed by atoms with Crippen molar-refractivity contribution in [3.05, 3.63) is 72.4 Å². The van der Waals surface area contributed by atoms with Gasteiger partial charge in [0.15, 0.2) is 0 Å². The van der Waals surface area contributed by atoms with Crippen LogP contribution in [0, 0.1) is 6.92 Å². The second-order valence-electron chi connectivity index (χ2n) is 7.36. The highest BCUT2D eigenvalue weighted by atomic mass is 16.2. The van der Waals surface area contributed by atoms with Crippen molar-refractivity contribution in [2.75, 3.05) is 23.7 Å². The number of aryl methyl sites for hydroxylation is 1. The number of para-hydroxylation sites is 1. The fourth-order valence-corrected chi connectivity index (χ4v) is 3.59. The summed E-state index contributed by atoms with van der Waals surface area (Å²) in [5, 5.41) is 7.08. The number of likely N-dealkylation sites (tertiary alicyclic amines) is 1. The summed E-state index contributed by atoms with van der Waals surface area (Å²) in [6.45, 7) is 6.56. The van der Waals surface area contributed by atoms with Crippen molar-refractivity contribution in [3.8, 4) is 0 Å². The van der Waals surface area contributed by atoms with Crippen LogP contribution in [0.15, 0.2) is 61.3 Å². The highest BCUT2D eigenvalue weighted by Gasteiger charge is 2.27. The van der Waals surface area contributed by atoms with Crippen molar-refractivity contribution < 1.29 is 9.59 Å². The molecule has 152 valence electrons. The van der Waals surface area contributed by atoms with Crippen LogP contribution in [0.1, 0.15) is 22.3 Å². The molecule has 1 aliphatic rings. The van der Waals surface area contributed by atoms with Crippen molar-refractivity contribution in [1.82, 2.24) is 14.9 Å². The first-order valence-corrected chi connectivity index (χ1v) is 9.85. The second kappa shape index (κ2) is 8.32. The number of benzene rings is 2. The maximum atomic E-state index is 12.9. The van der Waals surface area contributed by atoms with Crippen molar-refractivity contribution >= 4 is 34.4 Å². The molecule has 1 saturated heterocycles. The number of nitrogens with zero attached hydrogens (tertiary/aromatic N) is 3. The maximum Gasteiger partial charge on any atom is 0.253 e. The smallest absolute Gasteiger partial charge is 0.253 e. The van der Waals surface area contributed by atoms with E-state index >= 15 is 0 Å². The number of carbonyl (C=O) groups is 2. The first-order chi connectivity index (χ1) is 14.5. The van der Waals surface area contributed by atoms with Gasteiger partial charge < -0.3 is 15.5 Å². The van der Waals surface area contributed by atoms with Gasteiger partial charge in [0.25, 0.3) is 5.91 Å². The predicted molar refractivity (Wildman–Crippen MR) is 117 cm³/mol. The molecule has 3 aromatic rings. The Labute approximate surface area is 174 Å². The fourth-order valence-electron chi connectivity index (χ4n) is 3.59. The third-order valence-electron chi connectivity index (χ3n) is 5.21. The summed E-state index contributed by atoms with van der Waals surface area (Å²) < 4.78 is 0. The van der Waals surface area contributed by atoms with Gasteiger partial charge in [-0.2, -0.15) is 0 Å². The molecule has 1 aliphatic heterocycles. The molecular formula is C23H23N5O2. The van der Waals surface area contributed by atoms with E-state index in [4.69, 9.17) is 0 Å². The molecule has 2 amide bonds. The standard InChI is InChI=1S/C23H23N5O2/c1-3-21(29)26-19-9-8-16(12-15(19)2)22(30)28-11-10-18(14-28)25-23-24-13-17-6-4-5-7-20(17)27-23/h3-9,12-13,18H,1,10-11,14H2,2H3,(H,26,29)(H,24,25,27)/t18-/m0/s1. The summed E-state index contributed by atoms with van der Waals surface area (Å²) in [5.74, 6) is 0.274. The molecule has 0 aliphatic carbocycles. The van der Waals surface area contributed by atoms with Crippen LogP contribution >= 0.6 is 0 Å². The molecule has 0 spiro atoms. The highest BCUT2D eigenvalue weighted by Crippen LogP contribution is 2.21. The lowest BCUT2D eigenvalue weighted by Crippen LogP contribution is -2.32. The number of amides is 2. The highest BCUT2D eigenvalue weighted by molar-refractivity contribution is 6.00. The average Bonchev–Trinajstić information content (AvgIpc) is 3.22. The van der Waals surface area contributed by atoms with Crippen LogP contribution in [0.3, 0.4) is 0 Å². The van der Waals surface area contributed by atoms with Gasteiger partial charge in [0.1, 0.15) is 0 Å². The van der Waals surface area contributed by atoms with Crippen LogP contribution in [0.5, 0.6) is 0 Å². The Morgan fingerprint density at radius 2 is 2.07 bits per heavy atom. The van der Waals surface area contributed by atoms with E-state index in [0.717, 1.165) is 22.9 Å². The molecule has 2 aromatic carbocycles. The van der Waals surface area contributed by atoms with Crippen LogP contribution in [0.4, 0.5) is 11.6 Å². The third kappa shape index (κ3) is 4.15. The number of hydrogen-bond acceptors (Lipinski definition) is 5. The monoisotopic (exact) mass is 401 g/mol. The van der Waals surface area contributed by atoms with E-state index in [1.165, 1.54) is 6.08 Å². The van der Waals surface area contributed by atoms with Gasteiger partial charge in [0.05, 0.1) is 5.52 Å². The quantitative estimate of drug-likeness (QED) is 0.640. The molecule has 7 nitrogen and oxygen atoms in total. The fraction of sp³-hybridized carbons (Fsp3) is 0.217. The van der Waals surface area contributed by atoms with Crippen LogP contribution in [0.2, 0.25) is 0 Å². The largest absolute Gasteiger partial charge is 0.350 e. The van der Waals surface area contributed by atoms with E-state index in [1.54, 1.807) is 24.4 Å².